The predicted octanol–water partition coefficient (Wildman–Crippen LogP) is 21.0. The van der Waals surface area contributed by atoms with E-state index in [-0.39, 0.29) is 0 Å². The first kappa shape index (κ1) is 58.6. The lowest BCUT2D eigenvalue weighted by Crippen LogP contribution is -1.93. The maximum Gasteiger partial charge on any atom is 0.303 e. The van der Waals surface area contributed by atoms with Crippen LogP contribution in [0.15, 0.2) is 0 Å². The molecule has 0 saturated carbocycles. The molecule has 0 aliphatic rings. The molecule has 0 rings (SSSR count). The van der Waals surface area contributed by atoms with Crippen LogP contribution in [0.25, 0.3) is 0 Å². The average molecular weight is 805 g/mol. The Morgan fingerprint density at radius 1 is 0.211 bits per heavy atom. The van der Waals surface area contributed by atoms with Gasteiger partial charge in [0.25, 0.3) is 0 Å². The van der Waals surface area contributed by atoms with Crippen molar-refractivity contribution in [1.29, 1.82) is 0 Å². The maximum atomic E-state index is 10.4. The van der Waals surface area contributed by atoms with Gasteiger partial charge in [-0.05, 0) is 6.42 Å². The normalized spacial score (nSPS) is 11.3. The molecule has 0 fully saturated rings. The van der Waals surface area contributed by atoms with Gasteiger partial charge in [0.2, 0.25) is 0 Å². The first-order chi connectivity index (χ1) is 28.2. The number of carboxylic acid groups (broad SMARTS) is 1. The molecular formula is C55H112O2. The van der Waals surface area contributed by atoms with Gasteiger partial charge in [0.05, 0.1) is 0 Å². The number of rotatable bonds is 50. The van der Waals surface area contributed by atoms with E-state index >= 15 is 0 Å². The maximum absolute atomic E-state index is 10.4. The largest absolute Gasteiger partial charge is 0.481 e. The van der Waals surface area contributed by atoms with E-state index in [1.807, 2.05) is 0 Å². The Hall–Kier alpha value is -0.530. The Bertz CT molecular complexity index is 649. The summed E-state index contributed by atoms with van der Waals surface area (Å²) < 4.78 is 0. The predicted molar refractivity (Wildman–Crippen MR) is 260 cm³/mol. The highest BCUT2D eigenvalue weighted by Gasteiger charge is 1.99. The van der Waals surface area contributed by atoms with Crippen molar-refractivity contribution in [1.82, 2.24) is 0 Å². The zero-order chi connectivity index (χ0) is 41.6. The second kappa shape index (κ2) is 57.6. The fraction of sp³-hybridized carbons (Fsp3) is 0.982. The minimum Gasteiger partial charge on any atom is -0.481 e. The molecule has 0 unspecified atom stereocenters. The minimum absolute atomic E-state index is 0.347. The van der Waals surface area contributed by atoms with Crippen LogP contribution in [0.2, 0.25) is 0 Å². The monoisotopic (exact) mass is 805 g/mol. The van der Waals surface area contributed by atoms with Gasteiger partial charge < -0.3 is 5.11 Å². The Labute approximate surface area is 362 Å². The van der Waals surface area contributed by atoms with Gasteiger partial charge in [-0.2, -0.15) is 0 Å². The van der Waals surface area contributed by atoms with Crippen molar-refractivity contribution >= 4 is 5.97 Å². The lowest BCUT2D eigenvalue weighted by molar-refractivity contribution is -0.137. The summed E-state index contributed by atoms with van der Waals surface area (Å²) in [7, 11) is 0. The fourth-order valence-corrected chi connectivity index (χ4v) is 8.63. The van der Waals surface area contributed by atoms with Crippen LogP contribution >= 0.6 is 0 Å². The quantitative estimate of drug-likeness (QED) is 0.0622. The SMILES string of the molecule is CCCCCCCCCCCCCCCCCCCCCCCCCCC.CCCCCCCCCCCCCCCCCCCCCCCCCCCC(=O)O. The van der Waals surface area contributed by atoms with Crippen LogP contribution in [0.1, 0.15) is 348 Å². The molecule has 0 aliphatic heterocycles. The molecule has 0 heterocycles. The van der Waals surface area contributed by atoms with Crippen LogP contribution in [0.5, 0.6) is 0 Å². The van der Waals surface area contributed by atoms with E-state index in [2.05, 4.69) is 20.8 Å². The molecule has 2 heteroatoms. The first-order valence-corrected chi connectivity index (χ1v) is 27.4. The highest BCUT2D eigenvalue weighted by molar-refractivity contribution is 5.66. The Kier molecular flexibility index (Phi) is 59.1. The summed E-state index contributed by atoms with van der Waals surface area (Å²) in [6, 6.07) is 0. The van der Waals surface area contributed by atoms with Crippen LogP contribution in [-0.2, 0) is 4.79 Å². The molecule has 0 radical (unpaired) electrons. The first-order valence-electron chi connectivity index (χ1n) is 27.4. The standard InChI is InChI=1S/C28H56O2.C27H56/c1-2-3-4-5-6-7-8-9-10-11-12-13-14-15-16-17-18-19-20-21-22-23-24-25-26-27-28(29)30;1-3-5-7-9-11-13-15-17-19-21-23-25-27-26-24-22-20-18-16-14-12-10-8-6-4-2/h2-27H2,1H3,(H,29,30);3-27H2,1-2H3. The van der Waals surface area contributed by atoms with Crippen molar-refractivity contribution < 1.29 is 9.90 Å². The second-order valence-corrected chi connectivity index (χ2v) is 18.8. The number of carbonyl (C=O) groups is 1. The van der Waals surface area contributed by atoms with Gasteiger partial charge in [0.1, 0.15) is 0 Å². The van der Waals surface area contributed by atoms with Gasteiger partial charge >= 0.3 is 5.97 Å². The van der Waals surface area contributed by atoms with E-state index in [9.17, 15) is 4.79 Å². The molecule has 2 nitrogen and oxygen atoms in total. The summed E-state index contributed by atoms with van der Waals surface area (Å²) in [6.07, 6.45) is 71.9. The number of hydrogen-bond acceptors (Lipinski definition) is 1. The van der Waals surface area contributed by atoms with Crippen molar-refractivity contribution in [2.45, 2.75) is 348 Å². The highest BCUT2D eigenvalue weighted by Crippen LogP contribution is 2.18. The van der Waals surface area contributed by atoms with Gasteiger partial charge in [-0.3, -0.25) is 4.79 Å². The Morgan fingerprint density at radius 2 is 0.316 bits per heavy atom. The van der Waals surface area contributed by atoms with Crippen LogP contribution in [-0.4, -0.2) is 11.1 Å². The Morgan fingerprint density at radius 3 is 0.421 bits per heavy atom. The van der Waals surface area contributed by atoms with E-state index in [4.69, 9.17) is 5.11 Å². The molecule has 0 aromatic carbocycles. The molecule has 0 spiro atoms. The number of hydrogen-bond donors (Lipinski definition) is 1. The molecule has 0 saturated heterocycles. The summed E-state index contributed by atoms with van der Waals surface area (Å²) in [5.41, 5.74) is 0. The smallest absolute Gasteiger partial charge is 0.303 e. The summed E-state index contributed by atoms with van der Waals surface area (Å²) >= 11 is 0. The van der Waals surface area contributed by atoms with E-state index in [1.165, 1.54) is 308 Å². The van der Waals surface area contributed by atoms with E-state index in [1.54, 1.807) is 0 Å². The van der Waals surface area contributed by atoms with Crippen molar-refractivity contribution in [2.75, 3.05) is 0 Å². The topological polar surface area (TPSA) is 37.3 Å². The molecule has 0 aromatic rings. The van der Waals surface area contributed by atoms with Crippen molar-refractivity contribution in [2.24, 2.45) is 0 Å². The molecule has 0 amide bonds. The third kappa shape index (κ3) is 62.3. The highest BCUT2D eigenvalue weighted by atomic mass is 16.4. The van der Waals surface area contributed by atoms with Crippen molar-refractivity contribution in [3.05, 3.63) is 0 Å². The van der Waals surface area contributed by atoms with E-state index < -0.39 is 5.97 Å². The lowest BCUT2D eigenvalue weighted by Gasteiger charge is -2.04. The third-order valence-corrected chi connectivity index (χ3v) is 12.7. The van der Waals surface area contributed by atoms with Gasteiger partial charge in [-0.25, -0.2) is 0 Å². The lowest BCUT2D eigenvalue weighted by atomic mass is 10.0. The summed E-state index contributed by atoms with van der Waals surface area (Å²) in [6.45, 7) is 6.90. The molecule has 0 bridgehead atoms. The van der Waals surface area contributed by atoms with E-state index in [0.717, 1.165) is 12.8 Å². The van der Waals surface area contributed by atoms with Gasteiger partial charge in [-0.1, -0.05) is 335 Å². The van der Waals surface area contributed by atoms with Crippen LogP contribution in [0.3, 0.4) is 0 Å². The number of aliphatic carboxylic acids is 1. The molecular weight excluding hydrogens is 693 g/mol. The van der Waals surface area contributed by atoms with Gasteiger partial charge in [-0.15, -0.1) is 0 Å². The van der Waals surface area contributed by atoms with Gasteiger partial charge in [0.15, 0.2) is 0 Å². The second-order valence-electron chi connectivity index (χ2n) is 18.8. The van der Waals surface area contributed by atoms with Crippen LogP contribution in [0, 0.1) is 0 Å². The molecule has 0 aliphatic carbocycles. The summed E-state index contributed by atoms with van der Waals surface area (Å²) in [5.74, 6) is -0.649. The Balaban J connectivity index is 0. The number of carboxylic acids is 1. The molecule has 0 aromatic heterocycles. The average Bonchev–Trinajstić information content (AvgIpc) is 3.21. The number of unbranched alkanes of at least 4 members (excludes halogenated alkanes) is 48. The molecule has 344 valence electrons. The molecule has 0 atom stereocenters. The minimum atomic E-state index is -0.649. The zero-order valence-electron chi connectivity index (χ0n) is 40.4. The van der Waals surface area contributed by atoms with E-state index in [0.29, 0.717) is 6.42 Å². The van der Waals surface area contributed by atoms with Crippen molar-refractivity contribution in [3.63, 3.8) is 0 Å². The molecule has 1 N–H and O–H groups in total. The fourth-order valence-electron chi connectivity index (χ4n) is 8.63. The van der Waals surface area contributed by atoms with Gasteiger partial charge in [0, 0.05) is 6.42 Å². The third-order valence-electron chi connectivity index (χ3n) is 12.7. The van der Waals surface area contributed by atoms with Crippen molar-refractivity contribution in [3.8, 4) is 0 Å². The zero-order valence-corrected chi connectivity index (χ0v) is 40.4. The summed E-state index contributed by atoms with van der Waals surface area (Å²) in [4.78, 5) is 10.4. The molecule has 57 heavy (non-hydrogen) atoms. The van der Waals surface area contributed by atoms with Crippen LogP contribution < -0.4 is 0 Å². The summed E-state index contributed by atoms with van der Waals surface area (Å²) in [5, 5.41) is 8.60. The van der Waals surface area contributed by atoms with Crippen LogP contribution in [0.4, 0.5) is 0 Å².